The van der Waals surface area contributed by atoms with Gasteiger partial charge in [-0.15, -0.1) is 0 Å². The van der Waals surface area contributed by atoms with Crippen LogP contribution in [0.4, 0.5) is 0 Å². The zero-order valence-electron chi connectivity index (χ0n) is 30.9. The van der Waals surface area contributed by atoms with E-state index in [1.807, 2.05) is 12.1 Å². The minimum Gasteiger partial charge on any atom is -0.434 e. The number of Topliss-reactive ketones (excluding diaryl/α,β-unsaturated/α-hetero) is 2. The second kappa shape index (κ2) is 18.0. The number of amides is 1. The Kier molecular flexibility index (Phi) is 13.2. The lowest BCUT2D eigenvalue weighted by Gasteiger charge is -2.30. The molecule has 292 valence electrons. The second-order valence-electron chi connectivity index (χ2n) is 14.9. The van der Waals surface area contributed by atoms with E-state index < -0.39 is 45.8 Å². The molecule has 4 aromatic rings. The van der Waals surface area contributed by atoms with Crippen LogP contribution in [-0.4, -0.2) is 72.6 Å². The van der Waals surface area contributed by atoms with Crippen LogP contribution in [0.15, 0.2) is 77.2 Å². The van der Waals surface area contributed by atoms with Crippen molar-refractivity contribution in [2.75, 3.05) is 12.8 Å². The van der Waals surface area contributed by atoms with Crippen molar-refractivity contribution < 1.29 is 32.0 Å². The largest absolute Gasteiger partial charge is 0.434 e. The molecule has 4 atom stereocenters. The third-order valence-electron chi connectivity index (χ3n) is 10.6. The summed E-state index contributed by atoms with van der Waals surface area (Å²) in [6.45, 7) is 0.279. The van der Waals surface area contributed by atoms with Gasteiger partial charge in [0.05, 0.1) is 25.0 Å². The first kappa shape index (κ1) is 40.2. The van der Waals surface area contributed by atoms with Gasteiger partial charge in [-0.2, -0.15) is 0 Å². The van der Waals surface area contributed by atoms with Crippen molar-refractivity contribution in [3.05, 3.63) is 100 Å². The van der Waals surface area contributed by atoms with Gasteiger partial charge in [0.2, 0.25) is 21.7 Å². The van der Waals surface area contributed by atoms with Gasteiger partial charge >= 0.3 is 0 Å². The highest BCUT2D eigenvalue weighted by Crippen LogP contribution is 2.31. The number of nitrogens with two attached hydrogens (primary N) is 1. The van der Waals surface area contributed by atoms with Crippen LogP contribution in [0.1, 0.15) is 85.2 Å². The summed E-state index contributed by atoms with van der Waals surface area (Å²) in [6.07, 6.45) is 6.97. The Bertz CT molecular complexity index is 2080. The number of nitrogens with zero attached hydrogens (tertiary/aromatic N) is 2. The first-order valence-corrected chi connectivity index (χ1v) is 21.1. The second-order valence-corrected chi connectivity index (χ2v) is 17.1. The lowest BCUT2D eigenvalue weighted by Crippen LogP contribution is -2.52. The number of carbonyl (C=O) groups excluding carboxylic acids is 3. The van der Waals surface area contributed by atoms with Crippen molar-refractivity contribution in [3.8, 4) is 0 Å². The summed E-state index contributed by atoms with van der Waals surface area (Å²) >= 11 is 6.07. The Labute approximate surface area is 326 Å². The quantitative estimate of drug-likeness (QED) is 0.0634. The molecule has 1 amide bonds. The zero-order chi connectivity index (χ0) is 39.1. The molecular weight excluding hydrogens is 742 g/mol. The highest BCUT2D eigenvalue weighted by atomic mass is 35.5. The van der Waals surface area contributed by atoms with E-state index in [0.29, 0.717) is 46.0 Å². The summed E-state index contributed by atoms with van der Waals surface area (Å²) in [5.74, 6) is -2.15. The topological polar surface area (TPSA) is 186 Å². The number of amidine groups is 1. The summed E-state index contributed by atoms with van der Waals surface area (Å²) in [5, 5.41) is 8.50. The lowest BCUT2D eigenvalue weighted by molar-refractivity contribution is -0.139. The van der Waals surface area contributed by atoms with Crippen LogP contribution in [-0.2, 0) is 37.4 Å². The Balaban J connectivity index is 1.28. The van der Waals surface area contributed by atoms with Gasteiger partial charge in [0, 0.05) is 35.9 Å². The van der Waals surface area contributed by atoms with Crippen molar-refractivity contribution in [2.45, 2.75) is 89.0 Å². The maximum atomic E-state index is 14.6. The maximum Gasteiger partial charge on any atom is 0.264 e. The molecule has 0 unspecified atom stereocenters. The molecule has 12 nitrogen and oxygen atoms in total. The van der Waals surface area contributed by atoms with E-state index in [1.54, 1.807) is 60.7 Å². The van der Waals surface area contributed by atoms with E-state index in [-0.39, 0.29) is 49.9 Å². The average Bonchev–Trinajstić information content (AvgIpc) is 3.81. The minimum atomic E-state index is -3.78. The molecule has 0 spiro atoms. The number of ether oxygens (including phenoxy) is 1. The van der Waals surface area contributed by atoms with E-state index in [2.05, 4.69) is 9.71 Å². The van der Waals surface area contributed by atoms with Gasteiger partial charge in [0.15, 0.2) is 11.4 Å². The number of para-hydroxylation sites is 2. The number of ketones is 2. The van der Waals surface area contributed by atoms with E-state index in [4.69, 9.17) is 31.9 Å². The van der Waals surface area contributed by atoms with E-state index in [1.165, 1.54) is 11.3 Å². The fourth-order valence-electron chi connectivity index (χ4n) is 7.77. The molecule has 14 heteroatoms. The molecule has 55 heavy (non-hydrogen) atoms. The molecule has 0 radical (unpaired) electrons. The number of oxazole rings is 1. The van der Waals surface area contributed by atoms with E-state index in [9.17, 15) is 22.8 Å². The standard InChI is InChI=1S/C41H48ClN5O7S/c1-55(51,52)46-34(19-16-26-8-3-2-4-9-26)41(50)47-24-32(53-25-27-14-17-31(42)18-15-27)23-35(47)36(48)22-30(21-28-10-7-11-29(20-28)39(43)44)38(49)40-45-33-12-5-6-13-37(33)54-40/h5-7,10-15,17-18,20,26,30,32,34-35,46H,2-4,8-9,16,19,21-25H2,1H3,(H3,43,44)/t30-,32-,34-,35+/m1/s1. The maximum absolute atomic E-state index is 14.6. The molecular formula is C41H48ClN5O7S. The van der Waals surface area contributed by atoms with Gasteiger partial charge in [-0.05, 0) is 66.6 Å². The number of hydrogen-bond acceptors (Lipinski definition) is 9. The number of likely N-dealkylation sites (tertiary alicyclic amines) is 1. The van der Waals surface area contributed by atoms with Crippen LogP contribution in [0.2, 0.25) is 5.02 Å². The summed E-state index contributed by atoms with van der Waals surface area (Å²) in [6, 6.07) is 19.1. The predicted molar refractivity (Wildman–Crippen MR) is 210 cm³/mol. The van der Waals surface area contributed by atoms with E-state index >= 15 is 0 Å². The number of nitrogen functional groups attached to an aromatic ring is 1. The van der Waals surface area contributed by atoms with E-state index in [0.717, 1.165) is 37.5 Å². The van der Waals surface area contributed by atoms with Gasteiger partial charge in [-0.3, -0.25) is 19.8 Å². The number of aromatic nitrogens is 1. The van der Waals surface area contributed by atoms with Crippen LogP contribution in [0.3, 0.4) is 0 Å². The molecule has 1 aliphatic carbocycles. The first-order chi connectivity index (χ1) is 26.3. The Morgan fingerprint density at radius 1 is 1.04 bits per heavy atom. The van der Waals surface area contributed by atoms with Crippen LogP contribution in [0.5, 0.6) is 0 Å². The van der Waals surface area contributed by atoms with Crippen molar-refractivity contribution in [3.63, 3.8) is 0 Å². The smallest absolute Gasteiger partial charge is 0.264 e. The third-order valence-corrected chi connectivity index (χ3v) is 11.6. The molecule has 2 aliphatic rings. The fraction of sp³-hybridized carbons (Fsp3) is 0.439. The molecule has 2 heterocycles. The van der Waals surface area contributed by atoms with Gasteiger partial charge in [0.1, 0.15) is 17.4 Å². The number of carbonyl (C=O) groups is 3. The highest BCUT2D eigenvalue weighted by Gasteiger charge is 2.44. The molecule has 2 fully saturated rings. The van der Waals surface area contributed by atoms with Crippen LogP contribution < -0.4 is 10.5 Å². The SMILES string of the molecule is CS(=O)(=O)N[C@H](CCC1CCCCC1)C(=O)N1C[C@H](OCc2ccc(Cl)cc2)C[C@H]1C(=O)C[C@@H](Cc1cccc(C(=N)N)c1)C(=O)c1nc2ccccc2o1. The van der Waals surface area contributed by atoms with Crippen LogP contribution in [0, 0.1) is 17.2 Å². The number of fused-ring (bicyclic) bond motifs is 1. The zero-order valence-corrected chi connectivity index (χ0v) is 32.5. The molecule has 1 aliphatic heterocycles. The molecule has 3 aromatic carbocycles. The fourth-order valence-corrected chi connectivity index (χ4v) is 8.63. The molecule has 0 bridgehead atoms. The number of nitrogens with one attached hydrogen (secondary N) is 2. The van der Waals surface area contributed by atoms with Crippen molar-refractivity contribution in [1.29, 1.82) is 5.41 Å². The molecule has 1 saturated heterocycles. The summed E-state index contributed by atoms with van der Waals surface area (Å²) in [5.41, 5.74) is 8.71. The summed E-state index contributed by atoms with van der Waals surface area (Å²) in [4.78, 5) is 49.0. The van der Waals surface area contributed by atoms with Crippen molar-refractivity contribution >= 4 is 56.0 Å². The van der Waals surface area contributed by atoms with Gasteiger partial charge in [0.25, 0.3) is 5.89 Å². The summed E-state index contributed by atoms with van der Waals surface area (Å²) < 4.78 is 39.8. The number of sulfonamides is 1. The van der Waals surface area contributed by atoms with Crippen LogP contribution >= 0.6 is 11.6 Å². The number of rotatable bonds is 17. The van der Waals surface area contributed by atoms with Crippen molar-refractivity contribution in [2.24, 2.45) is 17.6 Å². The summed E-state index contributed by atoms with van der Waals surface area (Å²) in [7, 11) is -3.78. The average molecular weight is 790 g/mol. The molecule has 1 aromatic heterocycles. The van der Waals surface area contributed by atoms with Crippen molar-refractivity contribution in [1.82, 2.24) is 14.6 Å². The van der Waals surface area contributed by atoms with Crippen LogP contribution in [0.25, 0.3) is 11.1 Å². The predicted octanol–water partition coefficient (Wildman–Crippen LogP) is 6.23. The molecule has 4 N–H and O–H groups in total. The van der Waals surface area contributed by atoms with Gasteiger partial charge in [-0.1, -0.05) is 86.2 Å². The Morgan fingerprint density at radius 2 is 1.78 bits per heavy atom. The number of hydrogen-bond donors (Lipinski definition) is 3. The highest BCUT2D eigenvalue weighted by molar-refractivity contribution is 7.88. The normalized spacial score (nSPS) is 19.0. The Morgan fingerprint density at radius 3 is 2.49 bits per heavy atom. The monoisotopic (exact) mass is 789 g/mol. The molecule has 1 saturated carbocycles. The number of halogens is 1. The van der Waals surface area contributed by atoms with Gasteiger partial charge < -0.3 is 19.8 Å². The first-order valence-electron chi connectivity index (χ1n) is 18.8. The number of benzene rings is 3. The van der Waals surface area contributed by atoms with Gasteiger partial charge in [-0.25, -0.2) is 18.1 Å². The third kappa shape index (κ3) is 10.9. The Hall–Kier alpha value is -4.43. The minimum absolute atomic E-state index is 0.0681. The lowest BCUT2D eigenvalue weighted by atomic mass is 9.85. The molecule has 6 rings (SSSR count).